The molecule has 40 heavy (non-hydrogen) atoms. The van der Waals surface area contributed by atoms with Crippen LogP contribution in [-0.2, 0) is 4.74 Å². The van der Waals surface area contributed by atoms with Gasteiger partial charge in [-0.05, 0) is 57.6 Å². The van der Waals surface area contributed by atoms with Crippen LogP contribution in [0.3, 0.4) is 0 Å². The molecular formula is C30H22O10. The Kier molecular flexibility index (Phi) is 6.46. The molecule has 0 saturated heterocycles. The Labute approximate surface area is 225 Å². The van der Waals surface area contributed by atoms with Crippen LogP contribution in [-0.4, -0.2) is 56.9 Å². The Balaban J connectivity index is 2.03. The fraction of sp³-hybridized carbons (Fsp3) is 0.167. The number of unbranched alkanes of at least 4 members (excludes halogenated alkanes) is 2. The van der Waals surface area contributed by atoms with E-state index in [1.54, 1.807) is 0 Å². The van der Waals surface area contributed by atoms with E-state index in [-0.39, 0.29) is 66.7 Å². The average Bonchev–Trinajstić information content (AvgIpc) is 2.92. The third-order valence-corrected chi connectivity index (χ3v) is 7.13. The summed E-state index contributed by atoms with van der Waals surface area (Å²) in [6.45, 7) is 2.04. The molecule has 0 aliphatic rings. The molecule has 0 heterocycles. The molecule has 0 amide bonds. The predicted molar refractivity (Wildman–Crippen MR) is 145 cm³/mol. The van der Waals surface area contributed by atoms with E-state index in [0.717, 1.165) is 18.9 Å². The molecule has 0 saturated carbocycles. The van der Waals surface area contributed by atoms with Gasteiger partial charge in [0.25, 0.3) is 0 Å². The molecule has 0 aromatic heterocycles. The summed E-state index contributed by atoms with van der Waals surface area (Å²) in [6.07, 6.45) is 2.26. The molecule has 0 atom stereocenters. The summed E-state index contributed by atoms with van der Waals surface area (Å²) in [6, 6.07) is 9.08. The van der Waals surface area contributed by atoms with Crippen LogP contribution in [0.1, 0.15) is 78.0 Å². The largest absolute Gasteiger partial charge is 0.478 e. The Morgan fingerprint density at radius 3 is 1.52 bits per heavy atom. The zero-order valence-electron chi connectivity index (χ0n) is 21.1. The van der Waals surface area contributed by atoms with Crippen molar-refractivity contribution in [3.8, 4) is 0 Å². The van der Waals surface area contributed by atoms with Crippen LogP contribution >= 0.6 is 0 Å². The Bertz CT molecular complexity index is 1900. The molecule has 5 aromatic carbocycles. The van der Waals surface area contributed by atoms with Gasteiger partial charge in [0.05, 0.1) is 34.4 Å². The Morgan fingerprint density at radius 1 is 0.550 bits per heavy atom. The van der Waals surface area contributed by atoms with Gasteiger partial charge in [-0.15, -0.1) is 0 Å². The van der Waals surface area contributed by atoms with Gasteiger partial charge in [-0.25, -0.2) is 24.0 Å². The Hall–Kier alpha value is -5.25. The highest BCUT2D eigenvalue weighted by molar-refractivity contribution is 6.40. The zero-order valence-corrected chi connectivity index (χ0v) is 21.1. The number of carbonyl (C=O) groups excluding carboxylic acids is 1. The number of carboxylic acid groups (broad SMARTS) is 4. The van der Waals surface area contributed by atoms with E-state index in [4.69, 9.17) is 4.74 Å². The summed E-state index contributed by atoms with van der Waals surface area (Å²) in [7, 11) is 0. The standard InChI is InChI=1S/C30H22O10/c1-2-3-4-11-40-30(39)20-12-19(29(37)38)22-15-7-10-17(27(33)34)23-16(26(31)32)8-5-13(21(15)23)14-6-9-18(28(35)36)24(20)25(14)22/h5-10,12H,2-4,11H2,1H3,(H,31,32)(H,33,34)(H,35,36)(H,37,38). The van der Waals surface area contributed by atoms with E-state index in [9.17, 15) is 44.4 Å². The number of rotatable bonds is 9. The number of ether oxygens (including phenoxy) is 1. The number of carboxylic acids is 4. The Morgan fingerprint density at radius 2 is 1.02 bits per heavy atom. The lowest BCUT2D eigenvalue weighted by atomic mass is 9.82. The molecule has 10 heteroatoms. The maximum absolute atomic E-state index is 13.2. The normalized spacial score (nSPS) is 11.4. The molecule has 0 fully saturated rings. The van der Waals surface area contributed by atoms with E-state index >= 15 is 0 Å². The first-order chi connectivity index (χ1) is 19.1. The van der Waals surface area contributed by atoms with Gasteiger partial charge in [0.2, 0.25) is 0 Å². The SMILES string of the molecule is CCCCCOC(=O)c1cc(C(=O)O)c2c3ccc(C(=O)O)c4c(C(=O)O)ccc(c5ccc(C(=O)O)c1c52)c43. The fourth-order valence-electron chi connectivity index (χ4n) is 5.46. The van der Waals surface area contributed by atoms with Crippen molar-refractivity contribution in [2.75, 3.05) is 6.61 Å². The summed E-state index contributed by atoms with van der Waals surface area (Å²) in [5.41, 5.74) is -1.39. The van der Waals surface area contributed by atoms with Gasteiger partial charge >= 0.3 is 29.8 Å². The van der Waals surface area contributed by atoms with Crippen molar-refractivity contribution in [2.45, 2.75) is 26.2 Å². The number of fused-ring (bicyclic) bond motifs is 2. The molecule has 0 radical (unpaired) electrons. The number of hydrogen-bond donors (Lipinski definition) is 4. The number of aromatic carboxylic acids is 4. The van der Waals surface area contributed by atoms with Crippen LogP contribution in [0.4, 0.5) is 0 Å². The zero-order chi connectivity index (χ0) is 28.9. The summed E-state index contributed by atoms with van der Waals surface area (Å²) >= 11 is 0. The van der Waals surface area contributed by atoms with Crippen molar-refractivity contribution in [3.05, 3.63) is 70.3 Å². The smallest absolute Gasteiger partial charge is 0.338 e. The van der Waals surface area contributed by atoms with E-state index in [1.165, 1.54) is 36.4 Å². The van der Waals surface area contributed by atoms with Crippen molar-refractivity contribution in [1.29, 1.82) is 0 Å². The minimum Gasteiger partial charge on any atom is -0.478 e. The fourth-order valence-corrected chi connectivity index (χ4v) is 5.46. The first-order valence-corrected chi connectivity index (χ1v) is 12.4. The van der Waals surface area contributed by atoms with Gasteiger partial charge in [0.1, 0.15) is 0 Å². The molecule has 202 valence electrons. The molecule has 0 bridgehead atoms. The first kappa shape index (κ1) is 26.4. The number of benzene rings is 5. The summed E-state index contributed by atoms with van der Waals surface area (Å²) < 4.78 is 5.40. The predicted octanol–water partition coefficient (Wildman–Crippen LogP) is 5.88. The van der Waals surface area contributed by atoms with Crippen molar-refractivity contribution in [2.24, 2.45) is 0 Å². The minimum absolute atomic E-state index is 0.0195. The van der Waals surface area contributed by atoms with Gasteiger partial charge in [-0.1, -0.05) is 38.0 Å². The van der Waals surface area contributed by atoms with Gasteiger partial charge in [-0.3, -0.25) is 0 Å². The highest BCUT2D eigenvalue weighted by atomic mass is 16.5. The molecule has 0 aliphatic heterocycles. The molecule has 0 spiro atoms. The molecule has 4 N–H and O–H groups in total. The second-order valence-corrected chi connectivity index (χ2v) is 9.39. The summed E-state index contributed by atoms with van der Waals surface area (Å²) in [5.74, 6) is -6.38. The van der Waals surface area contributed by atoms with E-state index in [1.807, 2.05) is 6.92 Å². The van der Waals surface area contributed by atoms with Crippen LogP contribution in [0.15, 0.2) is 42.5 Å². The van der Waals surface area contributed by atoms with Crippen LogP contribution in [0, 0.1) is 0 Å². The molecule has 10 nitrogen and oxygen atoms in total. The topological polar surface area (TPSA) is 176 Å². The lowest BCUT2D eigenvalue weighted by Crippen LogP contribution is -2.13. The second kappa shape index (κ2) is 9.81. The monoisotopic (exact) mass is 542 g/mol. The maximum Gasteiger partial charge on any atom is 0.338 e. The maximum atomic E-state index is 13.2. The number of carbonyl (C=O) groups is 5. The van der Waals surface area contributed by atoms with Crippen molar-refractivity contribution < 1.29 is 49.1 Å². The first-order valence-electron chi connectivity index (χ1n) is 12.4. The van der Waals surface area contributed by atoms with Gasteiger partial charge < -0.3 is 25.2 Å². The quantitative estimate of drug-likeness (QED) is 0.0762. The molecule has 5 rings (SSSR count). The third kappa shape index (κ3) is 3.92. The van der Waals surface area contributed by atoms with Crippen LogP contribution in [0.25, 0.3) is 43.1 Å². The van der Waals surface area contributed by atoms with E-state index < -0.39 is 29.8 Å². The minimum atomic E-state index is -1.42. The van der Waals surface area contributed by atoms with Gasteiger partial charge in [-0.2, -0.15) is 0 Å². The van der Waals surface area contributed by atoms with E-state index in [2.05, 4.69) is 0 Å². The lowest BCUT2D eigenvalue weighted by molar-refractivity contribution is 0.0499. The van der Waals surface area contributed by atoms with Crippen molar-refractivity contribution in [3.63, 3.8) is 0 Å². The third-order valence-electron chi connectivity index (χ3n) is 7.13. The lowest BCUT2D eigenvalue weighted by Gasteiger charge is -2.20. The van der Waals surface area contributed by atoms with Crippen molar-refractivity contribution >= 4 is 72.9 Å². The second-order valence-electron chi connectivity index (χ2n) is 9.39. The molecular weight excluding hydrogens is 520 g/mol. The van der Waals surface area contributed by atoms with Crippen molar-refractivity contribution in [1.82, 2.24) is 0 Å². The average molecular weight is 542 g/mol. The molecule has 0 unspecified atom stereocenters. The highest BCUT2D eigenvalue weighted by Gasteiger charge is 2.29. The van der Waals surface area contributed by atoms with Crippen LogP contribution in [0.5, 0.6) is 0 Å². The summed E-state index contributed by atoms with van der Waals surface area (Å²) in [5, 5.41) is 41.2. The van der Waals surface area contributed by atoms with E-state index in [0.29, 0.717) is 17.2 Å². The highest BCUT2D eigenvalue weighted by Crippen LogP contribution is 2.45. The number of esters is 1. The molecule has 5 aromatic rings. The summed E-state index contributed by atoms with van der Waals surface area (Å²) in [4.78, 5) is 62.3. The van der Waals surface area contributed by atoms with Gasteiger partial charge in [0, 0.05) is 16.2 Å². The van der Waals surface area contributed by atoms with Crippen LogP contribution < -0.4 is 0 Å². The van der Waals surface area contributed by atoms with Gasteiger partial charge in [0.15, 0.2) is 0 Å². The van der Waals surface area contributed by atoms with Crippen LogP contribution in [0.2, 0.25) is 0 Å². The molecule has 0 aliphatic carbocycles. The number of hydrogen-bond acceptors (Lipinski definition) is 6.